The van der Waals surface area contributed by atoms with Gasteiger partial charge in [0.05, 0.1) is 47.3 Å². The van der Waals surface area contributed by atoms with E-state index in [-0.39, 0.29) is 0 Å². The van der Waals surface area contributed by atoms with Crippen molar-refractivity contribution in [3.8, 4) is 0 Å². The Balaban J connectivity index is 1.55. The molecular weight excluding hydrogens is 458 g/mol. The molecular formula is C33H64P2+2. The first-order valence-corrected chi connectivity index (χ1v) is 21.6. The van der Waals surface area contributed by atoms with Gasteiger partial charge < -0.3 is 0 Å². The number of hydrogen-bond donors (Lipinski definition) is 0. The smallest absolute Gasteiger partial charge is 0.0619 e. The summed E-state index contributed by atoms with van der Waals surface area (Å²) in [5.41, 5.74) is 4.73. The molecule has 4 aliphatic carbocycles. The van der Waals surface area contributed by atoms with Gasteiger partial charge in [0, 0.05) is 20.9 Å². The lowest BCUT2D eigenvalue weighted by molar-refractivity contribution is 0.474. The monoisotopic (exact) mass is 522 g/mol. The van der Waals surface area contributed by atoms with Crippen LogP contribution in [0.25, 0.3) is 0 Å². The molecule has 0 radical (unpaired) electrons. The summed E-state index contributed by atoms with van der Waals surface area (Å²) >= 11 is 0. The largest absolute Gasteiger partial charge is 0.0700 e. The molecule has 4 rings (SSSR count). The molecule has 0 unspecified atom stereocenters. The minimum absolute atomic E-state index is 0.814. The van der Waals surface area contributed by atoms with Gasteiger partial charge in [-0.2, -0.15) is 0 Å². The molecule has 4 fully saturated rings. The molecule has 2 heteroatoms. The average molecular weight is 523 g/mol. The zero-order valence-electron chi connectivity index (χ0n) is 24.3. The molecule has 0 N–H and O–H groups in total. The van der Waals surface area contributed by atoms with Crippen molar-refractivity contribution >= 4 is 14.5 Å². The lowest BCUT2D eigenvalue weighted by Crippen LogP contribution is -2.34. The Labute approximate surface area is 223 Å². The summed E-state index contributed by atoms with van der Waals surface area (Å²) < 4.78 is 0. The maximum atomic E-state index is 2.55. The third-order valence-electron chi connectivity index (χ3n) is 11.6. The molecule has 0 amide bonds. The van der Waals surface area contributed by atoms with Gasteiger partial charge >= 0.3 is 0 Å². The molecule has 0 bridgehead atoms. The first-order valence-electron chi connectivity index (χ1n) is 17.0. The Morgan fingerprint density at radius 3 is 0.857 bits per heavy atom. The summed E-state index contributed by atoms with van der Waals surface area (Å²) in [6, 6.07) is 0. The standard InChI is InChI=1S/C33H64P2/c1-3-26-34(30-18-9-5-10-19-30,31-20-11-6-12-21-31)28-17-29-35(27-4-2,32-22-13-7-14-23-32)33-24-15-8-16-25-33/h30-33H,3-29H2,1-2H3/q+2. The zero-order valence-corrected chi connectivity index (χ0v) is 26.1. The fourth-order valence-electron chi connectivity index (χ4n) is 10.2. The van der Waals surface area contributed by atoms with Crippen LogP contribution in [0.1, 0.15) is 162 Å². The van der Waals surface area contributed by atoms with Crippen molar-refractivity contribution in [2.75, 3.05) is 24.6 Å². The normalized spacial score (nSPS) is 25.2. The van der Waals surface area contributed by atoms with Crippen LogP contribution in [-0.4, -0.2) is 47.3 Å². The summed E-state index contributed by atoms with van der Waals surface area (Å²) in [5, 5.41) is 0. The Morgan fingerprint density at radius 1 is 0.371 bits per heavy atom. The van der Waals surface area contributed by atoms with E-state index < -0.39 is 14.5 Å². The lowest BCUT2D eigenvalue weighted by atomic mass is 9.99. The minimum atomic E-state index is -0.814. The second-order valence-electron chi connectivity index (χ2n) is 13.6. The van der Waals surface area contributed by atoms with E-state index in [2.05, 4.69) is 13.8 Å². The van der Waals surface area contributed by atoms with Gasteiger partial charge in [-0.1, -0.05) is 39.5 Å². The first kappa shape index (κ1) is 28.9. The van der Waals surface area contributed by atoms with E-state index in [9.17, 15) is 0 Å². The first-order chi connectivity index (χ1) is 17.2. The predicted octanol–water partition coefficient (Wildman–Crippen LogP) is 11.6. The van der Waals surface area contributed by atoms with E-state index in [1.54, 1.807) is 159 Å². The summed E-state index contributed by atoms with van der Waals surface area (Å²) in [7, 11) is -1.63. The molecule has 0 spiro atoms. The van der Waals surface area contributed by atoms with Crippen LogP contribution >= 0.6 is 14.5 Å². The van der Waals surface area contributed by atoms with E-state index >= 15 is 0 Å². The number of rotatable bonds is 12. The Hall–Kier alpha value is 0.860. The maximum Gasteiger partial charge on any atom is 0.0700 e. The van der Waals surface area contributed by atoms with Crippen molar-refractivity contribution in [1.29, 1.82) is 0 Å². The molecule has 0 heterocycles. The van der Waals surface area contributed by atoms with Crippen LogP contribution in [0.2, 0.25) is 0 Å². The van der Waals surface area contributed by atoms with Crippen LogP contribution in [0.15, 0.2) is 0 Å². The molecule has 0 saturated heterocycles. The van der Waals surface area contributed by atoms with Gasteiger partial charge in [0.15, 0.2) is 0 Å². The second-order valence-corrected chi connectivity index (χ2v) is 22.7. The van der Waals surface area contributed by atoms with Crippen LogP contribution in [0, 0.1) is 0 Å². The summed E-state index contributed by atoms with van der Waals surface area (Å²) in [6.45, 7) is 5.11. The van der Waals surface area contributed by atoms with E-state index in [0.29, 0.717) is 0 Å². The Morgan fingerprint density at radius 2 is 0.629 bits per heavy atom. The molecule has 0 aromatic carbocycles. The highest BCUT2D eigenvalue weighted by atomic mass is 31.2. The fourth-order valence-corrected chi connectivity index (χ4v) is 23.7. The van der Waals surface area contributed by atoms with Crippen LogP contribution in [-0.2, 0) is 0 Å². The molecule has 0 aromatic heterocycles. The van der Waals surface area contributed by atoms with E-state index in [1.807, 2.05) is 0 Å². The van der Waals surface area contributed by atoms with Crippen molar-refractivity contribution in [3.05, 3.63) is 0 Å². The molecule has 0 aliphatic heterocycles. The predicted molar refractivity (Wildman–Crippen MR) is 166 cm³/mol. The zero-order chi connectivity index (χ0) is 24.4. The molecule has 4 aliphatic rings. The SMILES string of the molecule is CCC[P+](CCC[P+](CCC)(C1CCCCC1)C1CCCCC1)(C1CCCCC1)C1CCCCC1. The van der Waals surface area contributed by atoms with E-state index in [1.165, 1.54) is 35.5 Å². The third-order valence-corrected chi connectivity index (χ3v) is 24.4. The van der Waals surface area contributed by atoms with Gasteiger partial charge in [-0.3, -0.25) is 0 Å². The highest BCUT2D eigenvalue weighted by Crippen LogP contribution is 2.76. The Bertz CT molecular complexity index is 476. The minimum Gasteiger partial charge on any atom is -0.0619 e. The fraction of sp³-hybridized carbons (Fsp3) is 1.00. The molecule has 0 aromatic rings. The van der Waals surface area contributed by atoms with Crippen LogP contribution in [0.5, 0.6) is 0 Å². The van der Waals surface area contributed by atoms with E-state index in [4.69, 9.17) is 0 Å². The highest BCUT2D eigenvalue weighted by molar-refractivity contribution is 7.78. The molecule has 35 heavy (non-hydrogen) atoms. The number of hydrogen-bond acceptors (Lipinski definition) is 0. The van der Waals surface area contributed by atoms with Gasteiger partial charge in [-0.15, -0.1) is 0 Å². The molecule has 0 nitrogen and oxygen atoms in total. The van der Waals surface area contributed by atoms with Crippen LogP contribution in [0.4, 0.5) is 0 Å². The topological polar surface area (TPSA) is 0 Å². The van der Waals surface area contributed by atoms with Gasteiger partial charge in [0.1, 0.15) is 0 Å². The van der Waals surface area contributed by atoms with Gasteiger partial charge in [-0.25, -0.2) is 0 Å². The second kappa shape index (κ2) is 14.9. The summed E-state index contributed by atoms with van der Waals surface area (Å²) in [6.07, 6.45) is 43.2. The van der Waals surface area contributed by atoms with E-state index in [0.717, 1.165) is 0 Å². The van der Waals surface area contributed by atoms with Crippen molar-refractivity contribution in [2.24, 2.45) is 0 Å². The lowest BCUT2D eigenvalue weighted by Gasteiger charge is -2.46. The average Bonchev–Trinajstić information content (AvgIpc) is 2.94. The van der Waals surface area contributed by atoms with Crippen LogP contribution < -0.4 is 0 Å². The van der Waals surface area contributed by atoms with Crippen molar-refractivity contribution in [3.63, 3.8) is 0 Å². The summed E-state index contributed by atoms with van der Waals surface area (Å²) in [5.74, 6) is 0. The highest BCUT2D eigenvalue weighted by Gasteiger charge is 2.54. The molecule has 204 valence electrons. The summed E-state index contributed by atoms with van der Waals surface area (Å²) in [4.78, 5) is 0. The quantitative estimate of drug-likeness (QED) is 0.224. The van der Waals surface area contributed by atoms with Crippen molar-refractivity contribution in [2.45, 2.75) is 184 Å². The van der Waals surface area contributed by atoms with Crippen LogP contribution in [0.3, 0.4) is 0 Å². The van der Waals surface area contributed by atoms with Crippen molar-refractivity contribution in [1.82, 2.24) is 0 Å². The van der Waals surface area contributed by atoms with Gasteiger partial charge in [-0.05, 0) is 116 Å². The third kappa shape index (κ3) is 7.09. The van der Waals surface area contributed by atoms with Crippen molar-refractivity contribution < 1.29 is 0 Å². The van der Waals surface area contributed by atoms with Gasteiger partial charge in [0.2, 0.25) is 0 Å². The Kier molecular flexibility index (Phi) is 12.3. The molecule has 4 saturated carbocycles. The molecule has 0 atom stereocenters. The maximum absolute atomic E-state index is 2.55. The van der Waals surface area contributed by atoms with Gasteiger partial charge in [0.25, 0.3) is 0 Å².